The number of H-pyrrole nitrogens is 1. The van der Waals surface area contributed by atoms with Gasteiger partial charge in [-0.15, -0.1) is 23.5 Å². The monoisotopic (exact) mass is 709 g/mol. The number of rotatable bonds is 2. The summed E-state index contributed by atoms with van der Waals surface area (Å²) >= 11 is 10.7. The van der Waals surface area contributed by atoms with Gasteiger partial charge >= 0.3 is 5.97 Å². The number of carboxylic acid groups (broad SMARTS) is 1. The summed E-state index contributed by atoms with van der Waals surface area (Å²) in [5.74, 6) is 2.96. The Morgan fingerprint density at radius 1 is 1.06 bits per heavy atom. The highest BCUT2D eigenvalue weighted by atomic mass is 35.5. The van der Waals surface area contributed by atoms with Crippen molar-refractivity contribution in [2.45, 2.75) is 66.7 Å². The van der Waals surface area contributed by atoms with Crippen LogP contribution in [0.15, 0.2) is 59.5 Å². The molecule has 49 heavy (non-hydrogen) atoms. The van der Waals surface area contributed by atoms with E-state index in [1.54, 1.807) is 11.8 Å². The summed E-state index contributed by atoms with van der Waals surface area (Å²) in [6.45, 7) is 2.52. The van der Waals surface area contributed by atoms with Crippen LogP contribution in [0.4, 0.5) is 0 Å². The van der Waals surface area contributed by atoms with E-state index < -0.39 is 5.97 Å². The Kier molecular flexibility index (Phi) is 7.55. The maximum absolute atomic E-state index is 12.9. The fourth-order valence-electron chi connectivity index (χ4n) is 8.34. The minimum atomic E-state index is -0.947. The Hall–Kier alpha value is -3.86. The fraction of sp³-hybridized carbons (Fsp3) is 0.342. The van der Waals surface area contributed by atoms with Gasteiger partial charge in [0.25, 0.3) is 0 Å². The van der Waals surface area contributed by atoms with Gasteiger partial charge in [-0.05, 0) is 80.2 Å². The molecular weight excluding hydrogens is 674 g/mol. The summed E-state index contributed by atoms with van der Waals surface area (Å²) in [6, 6.07) is 18.7. The van der Waals surface area contributed by atoms with Crippen LogP contribution in [0, 0.1) is 12.8 Å². The van der Waals surface area contributed by atoms with Crippen LogP contribution in [-0.4, -0.2) is 42.2 Å². The average molecular weight is 710 g/mol. The largest absolute Gasteiger partial charge is 0.493 e. The SMILES string of the molecule is Cc1nn(C23CC(C2)C3)c2c1-c1c(Cl)ccc3c(c(C(=O)O)n(C)c13)CCCOc1cc(cc3ccccc13)SCc1cc(n[nH]1)CSC2. The van der Waals surface area contributed by atoms with Gasteiger partial charge in [0, 0.05) is 56.8 Å². The maximum Gasteiger partial charge on any atom is 0.352 e. The molecule has 250 valence electrons. The number of fused-ring (bicyclic) bond motifs is 8. The molecule has 8 nitrogen and oxygen atoms in total. The maximum atomic E-state index is 12.9. The van der Waals surface area contributed by atoms with Gasteiger partial charge in [-0.1, -0.05) is 41.9 Å². The summed E-state index contributed by atoms with van der Waals surface area (Å²) in [5, 5.41) is 27.4. The lowest BCUT2D eigenvalue weighted by Gasteiger charge is -2.61. The van der Waals surface area contributed by atoms with Crippen LogP contribution in [0.25, 0.3) is 32.8 Å². The fourth-order valence-corrected chi connectivity index (χ4v) is 10.4. The molecule has 0 amide bonds. The molecule has 4 aliphatic rings. The molecule has 3 fully saturated rings. The minimum absolute atomic E-state index is 0.0833. The number of aromatic nitrogens is 5. The molecule has 11 heteroatoms. The first-order chi connectivity index (χ1) is 23.8. The van der Waals surface area contributed by atoms with E-state index in [9.17, 15) is 9.90 Å². The third-order valence-corrected chi connectivity index (χ3v) is 13.0. The van der Waals surface area contributed by atoms with Crippen LogP contribution in [0.2, 0.25) is 5.02 Å². The Labute approximate surface area is 297 Å². The number of aromatic carboxylic acids is 1. The number of carboxylic acids is 1. The van der Waals surface area contributed by atoms with E-state index in [0.717, 1.165) is 95.0 Å². The Balaban J connectivity index is 1.18. The number of nitrogens with zero attached hydrogens (tertiary/aromatic N) is 4. The molecule has 10 bridgehead atoms. The number of hydrogen-bond donors (Lipinski definition) is 2. The molecule has 4 heterocycles. The predicted octanol–water partition coefficient (Wildman–Crippen LogP) is 9.14. The highest BCUT2D eigenvalue weighted by molar-refractivity contribution is 7.98. The van der Waals surface area contributed by atoms with Gasteiger partial charge in [-0.25, -0.2) is 4.79 Å². The van der Waals surface area contributed by atoms with Crippen molar-refractivity contribution in [3.8, 4) is 16.9 Å². The molecule has 6 aromatic rings. The van der Waals surface area contributed by atoms with Gasteiger partial charge < -0.3 is 14.4 Å². The molecule has 0 radical (unpaired) electrons. The molecule has 3 aromatic heterocycles. The van der Waals surface area contributed by atoms with Crippen molar-refractivity contribution < 1.29 is 14.6 Å². The molecule has 1 aliphatic heterocycles. The number of aryl methyl sites for hydroxylation is 3. The Bertz CT molecular complexity index is 2290. The molecule has 2 N–H and O–H groups in total. The van der Waals surface area contributed by atoms with E-state index in [1.165, 1.54) is 19.3 Å². The van der Waals surface area contributed by atoms with Gasteiger partial charge in [0.2, 0.25) is 0 Å². The number of aromatic amines is 1. The summed E-state index contributed by atoms with van der Waals surface area (Å²) in [4.78, 5) is 14.0. The van der Waals surface area contributed by atoms with Gasteiger partial charge in [0.1, 0.15) is 11.4 Å². The van der Waals surface area contributed by atoms with Crippen molar-refractivity contribution >= 4 is 62.8 Å². The van der Waals surface area contributed by atoms with Gasteiger partial charge in [-0.3, -0.25) is 9.78 Å². The normalized spacial score (nSPS) is 20.7. The molecule has 3 aliphatic carbocycles. The van der Waals surface area contributed by atoms with Crippen LogP contribution < -0.4 is 4.74 Å². The zero-order chi connectivity index (χ0) is 33.4. The third kappa shape index (κ3) is 5.09. The first-order valence-electron chi connectivity index (χ1n) is 16.8. The number of ether oxygens (including phenoxy) is 1. The average Bonchev–Trinajstić information content (AvgIpc) is 3.70. The predicted molar refractivity (Wildman–Crippen MR) is 197 cm³/mol. The van der Waals surface area contributed by atoms with E-state index >= 15 is 0 Å². The van der Waals surface area contributed by atoms with Crippen LogP contribution >= 0.6 is 35.1 Å². The van der Waals surface area contributed by atoms with Crippen LogP contribution in [-0.2, 0) is 36.3 Å². The molecule has 3 aromatic carbocycles. The first kappa shape index (κ1) is 31.1. The first-order valence-corrected chi connectivity index (χ1v) is 19.3. The second-order valence-electron chi connectivity index (χ2n) is 13.8. The van der Waals surface area contributed by atoms with Crippen molar-refractivity contribution in [1.82, 2.24) is 24.5 Å². The number of benzene rings is 3. The molecule has 0 atom stereocenters. The molecule has 10 rings (SSSR count). The van der Waals surface area contributed by atoms with E-state index in [4.69, 9.17) is 21.4 Å². The Morgan fingerprint density at radius 2 is 1.90 bits per heavy atom. The van der Waals surface area contributed by atoms with E-state index in [1.807, 2.05) is 47.6 Å². The van der Waals surface area contributed by atoms with Gasteiger partial charge in [0.15, 0.2) is 0 Å². The van der Waals surface area contributed by atoms with Crippen LogP contribution in [0.1, 0.15) is 64.5 Å². The quantitative estimate of drug-likeness (QED) is 0.185. The highest BCUT2D eigenvalue weighted by Gasteiger charge is 2.59. The molecule has 0 spiro atoms. The number of nitrogens with one attached hydrogen (secondary N) is 1. The minimum Gasteiger partial charge on any atom is -0.493 e. The summed E-state index contributed by atoms with van der Waals surface area (Å²) in [6.07, 6.45) is 4.71. The second kappa shape index (κ2) is 11.9. The van der Waals surface area contributed by atoms with Crippen LogP contribution in [0.5, 0.6) is 5.75 Å². The third-order valence-electron chi connectivity index (χ3n) is 10.7. The molecule has 0 unspecified atom stereocenters. The van der Waals surface area contributed by atoms with E-state index in [-0.39, 0.29) is 5.54 Å². The number of thioether (sulfide) groups is 2. The summed E-state index contributed by atoms with van der Waals surface area (Å²) in [5.41, 5.74) is 8.10. The lowest BCUT2D eigenvalue weighted by atomic mass is 9.50. The van der Waals surface area contributed by atoms with Crippen molar-refractivity contribution in [2.75, 3.05) is 6.61 Å². The topological polar surface area (TPSA) is 98.0 Å². The lowest BCUT2D eigenvalue weighted by molar-refractivity contribution is -0.0993. The second-order valence-corrected chi connectivity index (χ2v) is 16.2. The molecular formula is C38H36ClN5O3S2. The Morgan fingerprint density at radius 3 is 2.69 bits per heavy atom. The number of carbonyl (C=O) groups is 1. The van der Waals surface area contributed by atoms with Crippen molar-refractivity contribution in [3.05, 3.63) is 93.7 Å². The van der Waals surface area contributed by atoms with Crippen LogP contribution in [0.3, 0.4) is 0 Å². The van der Waals surface area contributed by atoms with Crippen molar-refractivity contribution in [2.24, 2.45) is 13.0 Å². The number of hydrogen-bond acceptors (Lipinski definition) is 6. The van der Waals surface area contributed by atoms with E-state index in [2.05, 4.69) is 52.1 Å². The molecule has 0 saturated heterocycles. The zero-order valence-electron chi connectivity index (χ0n) is 27.4. The van der Waals surface area contributed by atoms with Gasteiger partial charge in [-0.2, -0.15) is 10.2 Å². The van der Waals surface area contributed by atoms with E-state index in [0.29, 0.717) is 30.2 Å². The summed E-state index contributed by atoms with van der Waals surface area (Å²) < 4.78 is 10.6. The smallest absolute Gasteiger partial charge is 0.352 e. The van der Waals surface area contributed by atoms with Crippen molar-refractivity contribution in [3.63, 3.8) is 0 Å². The highest BCUT2D eigenvalue weighted by Crippen LogP contribution is 2.63. The summed E-state index contributed by atoms with van der Waals surface area (Å²) in [7, 11) is 1.85. The zero-order valence-corrected chi connectivity index (χ0v) is 29.8. The number of halogens is 1. The van der Waals surface area contributed by atoms with Gasteiger partial charge in [0.05, 0.1) is 39.8 Å². The molecule has 3 saturated carbocycles. The lowest BCUT2D eigenvalue weighted by Crippen LogP contribution is -2.60. The standard InChI is InChI=1S/C38H36ClN5O3S2/c1-21-33-31(44(42-21)38-15-22(16-38)17-38)20-48-18-24-13-25(41-40-24)19-49-26-12-23-6-3-4-7-27(23)32(14-26)47-11-5-8-28-29-9-10-30(39)34(33)35(29)43(2)36(28)37(45)46/h3-4,6-7,9-10,12-14,22H,5,8,11,15-20H2,1-2H3,(H,40,41)(H,45,46). The van der Waals surface area contributed by atoms with Crippen molar-refractivity contribution in [1.29, 1.82) is 0 Å².